The van der Waals surface area contributed by atoms with E-state index in [0.717, 1.165) is 6.29 Å². The van der Waals surface area contributed by atoms with Gasteiger partial charge in [-0.05, 0) is 17.5 Å². The van der Waals surface area contributed by atoms with Gasteiger partial charge in [-0.15, -0.1) is 0 Å². The van der Waals surface area contributed by atoms with Crippen molar-refractivity contribution in [2.75, 3.05) is 0 Å². The number of carbonyl (C=O) groups is 1. The molecule has 0 amide bonds. The predicted molar refractivity (Wildman–Crippen MR) is 50.3 cm³/mol. The average molecular weight is 198 g/mol. The smallest absolute Gasteiger partial charge is 0.129 e. The van der Waals surface area contributed by atoms with Crippen LogP contribution < -0.4 is 0 Å². The van der Waals surface area contributed by atoms with Gasteiger partial charge < -0.3 is 4.79 Å². The molecular weight excluding hydrogens is 186 g/mol. The minimum absolute atomic E-state index is 0.0712. The van der Waals surface area contributed by atoms with Crippen LogP contribution in [0.15, 0.2) is 18.2 Å². The first kappa shape index (κ1) is 10.8. The first-order valence-electron chi connectivity index (χ1n) is 4.47. The summed E-state index contributed by atoms with van der Waals surface area (Å²) in [5.41, 5.74) is 0.654. The summed E-state index contributed by atoms with van der Waals surface area (Å²) in [6.45, 7) is 0.952. The second kappa shape index (κ2) is 4.84. The molecule has 0 spiro atoms. The third-order valence-electron chi connectivity index (χ3n) is 2.27. The Labute approximate surface area is 81.7 Å². The van der Waals surface area contributed by atoms with E-state index >= 15 is 0 Å². The molecule has 1 nitrogen and oxygen atoms in total. The largest absolute Gasteiger partial charge is 0.303 e. The van der Waals surface area contributed by atoms with E-state index in [-0.39, 0.29) is 17.9 Å². The molecular formula is C11H12F2O. The molecule has 0 aliphatic rings. The summed E-state index contributed by atoms with van der Waals surface area (Å²) in [5, 5.41) is 0. The standard InChI is InChI=1S/C11H12F2O/c1-8(5-6-14)9-3-2-4-11(13)10(9)7-12/h2-4,6,8H,5,7H2,1H3. The SMILES string of the molecule is CC(CC=O)c1cccc(F)c1CF. The highest BCUT2D eigenvalue weighted by atomic mass is 19.1. The van der Waals surface area contributed by atoms with Crippen molar-refractivity contribution in [2.24, 2.45) is 0 Å². The Bertz CT molecular complexity index is 323. The minimum Gasteiger partial charge on any atom is -0.303 e. The number of hydrogen-bond acceptors (Lipinski definition) is 1. The van der Waals surface area contributed by atoms with Gasteiger partial charge in [0, 0.05) is 12.0 Å². The number of alkyl halides is 1. The van der Waals surface area contributed by atoms with Crippen LogP contribution in [0.3, 0.4) is 0 Å². The van der Waals surface area contributed by atoms with Crippen molar-refractivity contribution in [3.05, 3.63) is 35.1 Å². The Morgan fingerprint density at radius 3 is 2.79 bits per heavy atom. The van der Waals surface area contributed by atoms with Crippen LogP contribution >= 0.6 is 0 Å². The van der Waals surface area contributed by atoms with E-state index < -0.39 is 12.5 Å². The van der Waals surface area contributed by atoms with E-state index in [2.05, 4.69) is 0 Å². The number of halogens is 2. The molecule has 1 aromatic carbocycles. The zero-order valence-electron chi connectivity index (χ0n) is 7.97. The van der Waals surface area contributed by atoms with Crippen molar-refractivity contribution in [1.29, 1.82) is 0 Å². The molecule has 1 aromatic rings. The van der Waals surface area contributed by atoms with Gasteiger partial charge in [-0.1, -0.05) is 19.1 Å². The number of aldehydes is 1. The third kappa shape index (κ3) is 2.16. The monoisotopic (exact) mass is 198 g/mol. The van der Waals surface area contributed by atoms with Gasteiger partial charge in [0.2, 0.25) is 0 Å². The summed E-state index contributed by atoms with van der Waals surface area (Å²) in [6.07, 6.45) is 1.05. The summed E-state index contributed by atoms with van der Waals surface area (Å²) < 4.78 is 25.6. The normalized spacial score (nSPS) is 12.5. The molecule has 1 atom stereocenters. The molecule has 1 unspecified atom stereocenters. The fraction of sp³-hybridized carbons (Fsp3) is 0.364. The molecule has 0 saturated heterocycles. The van der Waals surface area contributed by atoms with Gasteiger partial charge >= 0.3 is 0 Å². The van der Waals surface area contributed by atoms with Crippen molar-refractivity contribution in [3.63, 3.8) is 0 Å². The topological polar surface area (TPSA) is 17.1 Å². The average Bonchev–Trinajstić information content (AvgIpc) is 2.17. The molecule has 0 N–H and O–H groups in total. The van der Waals surface area contributed by atoms with E-state index in [1.54, 1.807) is 13.0 Å². The lowest BCUT2D eigenvalue weighted by Gasteiger charge is -2.12. The maximum Gasteiger partial charge on any atom is 0.129 e. The molecule has 0 radical (unpaired) electrons. The molecule has 0 heterocycles. The Kier molecular flexibility index (Phi) is 3.74. The number of hydrogen-bond donors (Lipinski definition) is 0. The molecule has 14 heavy (non-hydrogen) atoms. The summed E-state index contributed by atoms with van der Waals surface area (Å²) in [7, 11) is 0. The highest BCUT2D eigenvalue weighted by Gasteiger charge is 2.13. The zero-order chi connectivity index (χ0) is 10.6. The number of benzene rings is 1. The first-order valence-corrected chi connectivity index (χ1v) is 4.47. The second-order valence-corrected chi connectivity index (χ2v) is 3.24. The zero-order valence-corrected chi connectivity index (χ0v) is 7.97. The Hall–Kier alpha value is -1.25. The van der Waals surface area contributed by atoms with Crippen molar-refractivity contribution >= 4 is 6.29 Å². The van der Waals surface area contributed by atoms with Gasteiger partial charge in [-0.25, -0.2) is 8.78 Å². The third-order valence-corrected chi connectivity index (χ3v) is 2.27. The molecule has 0 aliphatic heterocycles. The van der Waals surface area contributed by atoms with E-state index in [9.17, 15) is 13.6 Å². The Morgan fingerprint density at radius 2 is 2.21 bits per heavy atom. The maximum atomic E-state index is 13.1. The Balaban J connectivity index is 3.06. The number of rotatable bonds is 4. The molecule has 0 fully saturated rings. The Morgan fingerprint density at radius 1 is 1.50 bits per heavy atom. The lowest BCUT2D eigenvalue weighted by atomic mass is 9.94. The van der Waals surface area contributed by atoms with Gasteiger partial charge in [-0.2, -0.15) is 0 Å². The number of carbonyl (C=O) groups excluding carboxylic acids is 1. The molecule has 76 valence electrons. The maximum absolute atomic E-state index is 13.1. The first-order chi connectivity index (χ1) is 6.70. The van der Waals surface area contributed by atoms with Gasteiger partial charge in [-0.3, -0.25) is 0 Å². The van der Waals surface area contributed by atoms with E-state index in [0.29, 0.717) is 5.56 Å². The van der Waals surface area contributed by atoms with Crippen molar-refractivity contribution in [2.45, 2.75) is 25.9 Å². The van der Waals surface area contributed by atoms with E-state index in [1.807, 2.05) is 0 Å². The van der Waals surface area contributed by atoms with Crippen LogP contribution in [0.4, 0.5) is 8.78 Å². The predicted octanol–water partition coefficient (Wildman–Crippen LogP) is 2.99. The van der Waals surface area contributed by atoms with Crippen molar-refractivity contribution in [1.82, 2.24) is 0 Å². The summed E-state index contributed by atoms with van der Waals surface area (Å²) in [6, 6.07) is 4.42. The van der Waals surface area contributed by atoms with Gasteiger partial charge in [0.05, 0.1) is 0 Å². The quantitative estimate of drug-likeness (QED) is 0.680. The fourth-order valence-corrected chi connectivity index (χ4v) is 1.45. The van der Waals surface area contributed by atoms with Gasteiger partial charge in [0.15, 0.2) is 0 Å². The van der Waals surface area contributed by atoms with Crippen molar-refractivity contribution in [3.8, 4) is 0 Å². The van der Waals surface area contributed by atoms with Crippen LogP contribution in [-0.2, 0) is 11.5 Å². The second-order valence-electron chi connectivity index (χ2n) is 3.24. The minimum atomic E-state index is -0.828. The molecule has 3 heteroatoms. The lowest BCUT2D eigenvalue weighted by Crippen LogP contribution is -2.01. The van der Waals surface area contributed by atoms with Crippen LogP contribution in [0.25, 0.3) is 0 Å². The molecule has 0 bridgehead atoms. The molecule has 0 saturated carbocycles. The van der Waals surface area contributed by atoms with Crippen LogP contribution in [0.5, 0.6) is 0 Å². The summed E-state index contributed by atoms with van der Waals surface area (Å²) in [4.78, 5) is 10.3. The molecule has 1 rings (SSSR count). The summed E-state index contributed by atoms with van der Waals surface area (Å²) >= 11 is 0. The van der Waals surface area contributed by atoms with Crippen LogP contribution in [0.2, 0.25) is 0 Å². The van der Waals surface area contributed by atoms with Gasteiger partial charge in [0.1, 0.15) is 18.8 Å². The molecule has 0 aliphatic carbocycles. The summed E-state index contributed by atoms with van der Waals surface area (Å²) in [5.74, 6) is -0.670. The molecule has 0 aromatic heterocycles. The van der Waals surface area contributed by atoms with E-state index in [4.69, 9.17) is 0 Å². The fourth-order valence-electron chi connectivity index (χ4n) is 1.45. The van der Waals surface area contributed by atoms with Crippen LogP contribution in [-0.4, -0.2) is 6.29 Å². The van der Waals surface area contributed by atoms with Crippen molar-refractivity contribution < 1.29 is 13.6 Å². The highest BCUT2D eigenvalue weighted by Crippen LogP contribution is 2.24. The van der Waals surface area contributed by atoms with E-state index in [1.165, 1.54) is 12.1 Å². The highest BCUT2D eigenvalue weighted by molar-refractivity contribution is 5.52. The van der Waals surface area contributed by atoms with Gasteiger partial charge in [0.25, 0.3) is 0 Å². The van der Waals surface area contributed by atoms with Crippen LogP contribution in [0, 0.1) is 5.82 Å². The van der Waals surface area contributed by atoms with Crippen LogP contribution in [0.1, 0.15) is 30.4 Å². The lowest BCUT2D eigenvalue weighted by molar-refractivity contribution is -0.108.